The minimum Gasteiger partial charge on any atom is -0.373 e. The lowest BCUT2D eigenvalue weighted by Crippen LogP contribution is -2.33. The third-order valence-corrected chi connectivity index (χ3v) is 5.49. The quantitative estimate of drug-likeness (QED) is 0.245. The first kappa shape index (κ1) is 21.1. The maximum Gasteiger partial charge on any atom is 0.249 e. The summed E-state index contributed by atoms with van der Waals surface area (Å²) in [7, 11) is 0. The van der Waals surface area contributed by atoms with E-state index in [0.29, 0.717) is 27.9 Å². The number of nitriles is 1. The number of nitrogens with one attached hydrogen (secondary N) is 5. The summed E-state index contributed by atoms with van der Waals surface area (Å²) in [5, 5.41) is 16.5. The normalized spacial score (nSPS) is 14.7. The van der Waals surface area contributed by atoms with Crippen LogP contribution in [-0.4, -0.2) is 9.97 Å². The van der Waals surface area contributed by atoms with Crippen molar-refractivity contribution in [2.45, 2.75) is 6.02 Å². The summed E-state index contributed by atoms with van der Waals surface area (Å²) in [5.74, 6) is -2.37. The Hall–Kier alpha value is -4.46. The van der Waals surface area contributed by atoms with Gasteiger partial charge in [-0.3, -0.25) is 4.98 Å². The third kappa shape index (κ3) is 4.50. The molecule has 8 nitrogen and oxygen atoms in total. The van der Waals surface area contributed by atoms with Crippen molar-refractivity contribution in [3.05, 3.63) is 101 Å². The fourth-order valence-electron chi connectivity index (χ4n) is 3.61. The summed E-state index contributed by atoms with van der Waals surface area (Å²) in [5.41, 5.74) is 11.0. The zero-order valence-electron chi connectivity index (χ0n) is 18.8. The standard InChI is InChI=1S/C24H17ClF2N8/c25-18-7-15(32-22(20-12-31-35-34-20)13-4-2-1-3-5-13)6-17-21(14(9-28)10-29-23(17)18)33-16-8-19(26)24(27)30-11-16/h1-8,10-12,22,31-32,34-35H,(H,29,33)/i22D. The number of nitrogens with zero attached hydrogens (tertiary/aromatic N) is 3. The number of fused-ring (bicyclic) bond motifs is 1. The molecular weight excluding hydrogens is 474 g/mol. The zero-order chi connectivity index (χ0) is 25.3. The van der Waals surface area contributed by atoms with E-state index in [-0.39, 0.29) is 22.0 Å². The minimum absolute atomic E-state index is 0.129. The molecule has 0 amide bonds. The van der Waals surface area contributed by atoms with Crippen molar-refractivity contribution < 1.29 is 10.2 Å². The molecule has 0 fully saturated rings. The lowest BCUT2D eigenvalue weighted by molar-refractivity contribution is 0.480. The first-order valence-electron chi connectivity index (χ1n) is 10.8. The molecule has 1 atom stereocenters. The molecule has 174 valence electrons. The fourth-order valence-corrected chi connectivity index (χ4v) is 3.88. The molecule has 0 spiro atoms. The highest BCUT2D eigenvalue weighted by Gasteiger charge is 2.21. The molecule has 1 aliphatic heterocycles. The lowest BCUT2D eigenvalue weighted by atomic mass is 10.0. The highest BCUT2D eigenvalue weighted by Crippen LogP contribution is 2.36. The second kappa shape index (κ2) is 9.42. The van der Waals surface area contributed by atoms with Crippen LogP contribution in [0.2, 0.25) is 5.02 Å². The van der Waals surface area contributed by atoms with Crippen LogP contribution in [0.1, 0.15) is 18.5 Å². The van der Waals surface area contributed by atoms with E-state index < -0.39 is 17.8 Å². The number of hydrogen-bond donors (Lipinski definition) is 5. The van der Waals surface area contributed by atoms with Gasteiger partial charge in [0.2, 0.25) is 5.95 Å². The van der Waals surface area contributed by atoms with Gasteiger partial charge in [-0.05, 0) is 17.7 Å². The van der Waals surface area contributed by atoms with Crippen LogP contribution in [0.5, 0.6) is 0 Å². The molecule has 0 radical (unpaired) electrons. The van der Waals surface area contributed by atoms with Gasteiger partial charge in [0, 0.05) is 29.5 Å². The Bertz CT molecular complexity index is 1540. The third-order valence-electron chi connectivity index (χ3n) is 5.20. The van der Waals surface area contributed by atoms with Crippen LogP contribution >= 0.6 is 11.6 Å². The van der Waals surface area contributed by atoms with Crippen molar-refractivity contribution in [3.63, 3.8) is 0 Å². The molecule has 1 unspecified atom stereocenters. The monoisotopic (exact) mass is 491 g/mol. The van der Waals surface area contributed by atoms with E-state index in [9.17, 15) is 15.4 Å². The predicted octanol–water partition coefficient (Wildman–Crippen LogP) is 4.78. The molecule has 4 aromatic rings. The van der Waals surface area contributed by atoms with Gasteiger partial charge in [-0.2, -0.15) is 15.2 Å². The van der Waals surface area contributed by atoms with Crippen LogP contribution in [0.3, 0.4) is 0 Å². The summed E-state index contributed by atoms with van der Waals surface area (Å²) in [4.78, 5) is 7.68. The van der Waals surface area contributed by atoms with Gasteiger partial charge in [0.05, 0.1) is 46.8 Å². The Morgan fingerprint density at radius 1 is 1.09 bits per heavy atom. The van der Waals surface area contributed by atoms with E-state index in [4.69, 9.17) is 11.6 Å². The van der Waals surface area contributed by atoms with E-state index in [0.717, 1.165) is 12.3 Å². The van der Waals surface area contributed by atoms with E-state index in [2.05, 4.69) is 37.0 Å². The van der Waals surface area contributed by atoms with Gasteiger partial charge in [0.25, 0.3) is 0 Å². The van der Waals surface area contributed by atoms with Crippen molar-refractivity contribution in [1.29, 1.82) is 5.26 Å². The number of benzene rings is 2. The average molecular weight is 492 g/mol. The smallest absolute Gasteiger partial charge is 0.249 e. The van der Waals surface area contributed by atoms with Crippen molar-refractivity contribution in [2.24, 2.45) is 0 Å². The molecule has 0 bridgehead atoms. The summed E-state index contributed by atoms with van der Waals surface area (Å²) < 4.78 is 36.4. The van der Waals surface area contributed by atoms with E-state index in [1.165, 1.54) is 6.20 Å². The number of aromatic nitrogens is 2. The molecule has 11 heteroatoms. The molecule has 5 rings (SSSR count). The Kier molecular flexibility index (Phi) is 5.68. The number of hydrogen-bond acceptors (Lipinski definition) is 8. The van der Waals surface area contributed by atoms with Crippen molar-refractivity contribution in [3.8, 4) is 6.07 Å². The summed E-state index contributed by atoms with van der Waals surface area (Å²) >= 11 is 6.56. The fraction of sp³-hybridized carbons (Fsp3) is 0.0417. The van der Waals surface area contributed by atoms with Gasteiger partial charge in [0.1, 0.15) is 6.07 Å². The highest BCUT2D eigenvalue weighted by molar-refractivity contribution is 6.36. The largest absolute Gasteiger partial charge is 0.373 e. The summed E-state index contributed by atoms with van der Waals surface area (Å²) in [6.07, 6.45) is 4.06. The van der Waals surface area contributed by atoms with Crippen LogP contribution in [0.4, 0.5) is 25.8 Å². The van der Waals surface area contributed by atoms with Gasteiger partial charge >= 0.3 is 0 Å². The molecular formula is C24H17ClF2N8. The molecule has 1 aliphatic rings. The molecule has 2 aromatic heterocycles. The van der Waals surface area contributed by atoms with Gasteiger partial charge in [-0.25, -0.2) is 9.37 Å². The second-order valence-corrected chi connectivity index (χ2v) is 7.86. The van der Waals surface area contributed by atoms with E-state index >= 15 is 0 Å². The Morgan fingerprint density at radius 2 is 1.91 bits per heavy atom. The Balaban J connectivity index is 1.63. The topological polar surface area (TPSA) is 110 Å². The molecule has 5 N–H and O–H groups in total. The maximum atomic E-state index is 13.8. The van der Waals surface area contributed by atoms with Crippen LogP contribution in [0, 0.1) is 23.1 Å². The van der Waals surface area contributed by atoms with Crippen LogP contribution in [0.25, 0.3) is 10.9 Å². The molecule has 2 aromatic carbocycles. The van der Waals surface area contributed by atoms with Gasteiger partial charge < -0.3 is 21.5 Å². The van der Waals surface area contributed by atoms with Crippen molar-refractivity contribution >= 4 is 39.6 Å². The number of rotatable bonds is 6. The number of halogens is 3. The number of pyridine rings is 2. The molecule has 0 saturated heterocycles. The minimum atomic E-state index is -1.47. The second-order valence-electron chi connectivity index (χ2n) is 7.45. The van der Waals surface area contributed by atoms with Crippen molar-refractivity contribution in [2.75, 3.05) is 10.6 Å². The average Bonchev–Trinajstić information content (AvgIpc) is 3.43. The Labute approximate surface area is 205 Å². The lowest BCUT2D eigenvalue weighted by Gasteiger charge is -2.22. The maximum absolute atomic E-state index is 13.8. The van der Waals surface area contributed by atoms with Crippen LogP contribution in [-0.2, 0) is 0 Å². The molecule has 3 heterocycles. The predicted molar refractivity (Wildman–Crippen MR) is 129 cm³/mol. The number of anilines is 3. The Morgan fingerprint density at radius 3 is 2.63 bits per heavy atom. The highest BCUT2D eigenvalue weighted by atomic mass is 35.5. The van der Waals surface area contributed by atoms with Gasteiger partial charge in [-0.1, -0.05) is 41.9 Å². The first-order valence-corrected chi connectivity index (χ1v) is 10.7. The first-order chi connectivity index (χ1) is 17.4. The van der Waals surface area contributed by atoms with Gasteiger partial charge in [0.15, 0.2) is 5.82 Å². The SMILES string of the molecule is [2H]C(Nc1cc(Cl)c2ncc(C#N)c(Nc3cnc(F)c(F)c3)c2c1)(C1=CNNN1)c1ccccc1. The summed E-state index contributed by atoms with van der Waals surface area (Å²) in [6.45, 7) is 0. The van der Waals surface area contributed by atoms with Crippen LogP contribution < -0.4 is 27.0 Å². The molecule has 0 saturated carbocycles. The molecule has 35 heavy (non-hydrogen) atoms. The van der Waals surface area contributed by atoms with Crippen molar-refractivity contribution in [1.82, 2.24) is 26.4 Å². The molecule has 0 aliphatic carbocycles. The summed E-state index contributed by atoms with van der Waals surface area (Å²) in [6, 6.07) is 13.9. The zero-order valence-corrected chi connectivity index (χ0v) is 18.6. The van der Waals surface area contributed by atoms with E-state index in [1.54, 1.807) is 18.3 Å². The van der Waals surface area contributed by atoms with E-state index in [1.807, 2.05) is 36.4 Å². The van der Waals surface area contributed by atoms with Gasteiger partial charge in [-0.15, -0.1) is 0 Å². The number of hydrazine groups is 2. The van der Waals surface area contributed by atoms with Crippen LogP contribution in [0.15, 0.2) is 72.8 Å².